The second-order valence-corrected chi connectivity index (χ2v) is 5.09. The SMILES string of the molecule is O=C1NN(c2ccccc2)C(=O)/C1=C\c1ccc(O)c(Cl)c1. The number of carbonyl (C=O) groups is 2. The summed E-state index contributed by atoms with van der Waals surface area (Å²) < 4.78 is 0. The fourth-order valence-electron chi connectivity index (χ4n) is 2.10. The first-order chi connectivity index (χ1) is 10.6. The Morgan fingerprint density at radius 1 is 1.09 bits per heavy atom. The molecule has 2 aromatic rings. The van der Waals surface area contributed by atoms with Gasteiger partial charge in [0.05, 0.1) is 10.7 Å². The highest BCUT2D eigenvalue weighted by atomic mass is 35.5. The number of hydrogen-bond acceptors (Lipinski definition) is 3. The number of amides is 2. The van der Waals surface area contributed by atoms with Gasteiger partial charge in [-0.2, -0.15) is 0 Å². The summed E-state index contributed by atoms with van der Waals surface area (Å²) >= 11 is 5.82. The van der Waals surface area contributed by atoms with Crippen molar-refractivity contribution >= 4 is 35.2 Å². The van der Waals surface area contributed by atoms with E-state index in [1.165, 1.54) is 23.2 Å². The Morgan fingerprint density at radius 2 is 1.82 bits per heavy atom. The summed E-state index contributed by atoms with van der Waals surface area (Å²) in [6.45, 7) is 0. The second-order valence-electron chi connectivity index (χ2n) is 4.69. The molecule has 1 fully saturated rings. The molecule has 1 heterocycles. The Hall–Kier alpha value is -2.79. The van der Waals surface area contributed by atoms with E-state index in [-0.39, 0.29) is 16.3 Å². The quantitative estimate of drug-likeness (QED) is 0.661. The van der Waals surface area contributed by atoms with Crippen LogP contribution in [0.15, 0.2) is 54.1 Å². The largest absolute Gasteiger partial charge is 0.506 e. The standard InChI is InChI=1S/C16H11ClN2O3/c17-13-9-10(6-7-14(13)20)8-12-15(21)18-19(16(12)22)11-4-2-1-3-5-11/h1-9,20H,(H,18,21)/b12-8-. The van der Waals surface area contributed by atoms with Crippen LogP contribution in [0.4, 0.5) is 5.69 Å². The Bertz CT molecular complexity index is 787. The van der Waals surface area contributed by atoms with Crippen LogP contribution < -0.4 is 10.4 Å². The number of hydrazine groups is 1. The van der Waals surface area contributed by atoms with Crippen molar-refractivity contribution in [1.82, 2.24) is 5.43 Å². The molecule has 3 rings (SSSR count). The molecule has 1 saturated heterocycles. The molecule has 22 heavy (non-hydrogen) atoms. The highest BCUT2D eigenvalue weighted by molar-refractivity contribution is 6.33. The fourth-order valence-corrected chi connectivity index (χ4v) is 2.28. The zero-order chi connectivity index (χ0) is 15.7. The molecule has 0 atom stereocenters. The number of phenolic OH excluding ortho intramolecular Hbond substituents is 1. The van der Waals surface area contributed by atoms with E-state index in [0.29, 0.717) is 11.3 Å². The maximum Gasteiger partial charge on any atom is 0.282 e. The van der Waals surface area contributed by atoms with Crippen molar-refractivity contribution in [2.45, 2.75) is 0 Å². The van der Waals surface area contributed by atoms with Crippen LogP contribution in [-0.2, 0) is 9.59 Å². The Labute approximate surface area is 131 Å². The van der Waals surface area contributed by atoms with E-state index in [1.54, 1.807) is 30.3 Å². The van der Waals surface area contributed by atoms with E-state index >= 15 is 0 Å². The molecule has 0 bridgehead atoms. The van der Waals surface area contributed by atoms with Gasteiger partial charge in [-0.25, -0.2) is 5.01 Å². The number of aromatic hydroxyl groups is 1. The van der Waals surface area contributed by atoms with Crippen LogP contribution in [0.2, 0.25) is 5.02 Å². The molecule has 0 aliphatic carbocycles. The third-order valence-electron chi connectivity index (χ3n) is 3.19. The number of carbonyl (C=O) groups excluding carboxylic acids is 2. The summed E-state index contributed by atoms with van der Waals surface area (Å²) in [4.78, 5) is 24.4. The highest BCUT2D eigenvalue weighted by Crippen LogP contribution is 2.26. The van der Waals surface area contributed by atoms with Gasteiger partial charge in [0.25, 0.3) is 11.8 Å². The maximum atomic E-state index is 12.4. The Morgan fingerprint density at radius 3 is 2.50 bits per heavy atom. The monoisotopic (exact) mass is 314 g/mol. The summed E-state index contributed by atoms with van der Waals surface area (Å²) in [7, 11) is 0. The second kappa shape index (κ2) is 5.54. The van der Waals surface area contributed by atoms with Gasteiger partial charge < -0.3 is 5.11 Å². The van der Waals surface area contributed by atoms with Crippen molar-refractivity contribution in [2.24, 2.45) is 0 Å². The molecule has 1 aliphatic heterocycles. The molecule has 5 nitrogen and oxygen atoms in total. The molecule has 0 spiro atoms. The van der Waals surface area contributed by atoms with Gasteiger partial charge in [0, 0.05) is 0 Å². The van der Waals surface area contributed by atoms with Crippen LogP contribution in [-0.4, -0.2) is 16.9 Å². The van der Waals surface area contributed by atoms with Crippen molar-refractivity contribution in [2.75, 3.05) is 5.01 Å². The van der Waals surface area contributed by atoms with Crippen molar-refractivity contribution in [1.29, 1.82) is 0 Å². The number of halogens is 1. The first kappa shape index (κ1) is 14.2. The van der Waals surface area contributed by atoms with Gasteiger partial charge in [0.1, 0.15) is 11.3 Å². The normalized spacial score (nSPS) is 16.2. The van der Waals surface area contributed by atoms with Crippen LogP contribution in [0.3, 0.4) is 0 Å². The maximum absolute atomic E-state index is 12.4. The molecule has 110 valence electrons. The third kappa shape index (κ3) is 2.54. The molecular formula is C16H11ClN2O3. The number of hydrogen-bond donors (Lipinski definition) is 2. The summed E-state index contributed by atoms with van der Waals surface area (Å²) in [6, 6.07) is 13.3. The van der Waals surface area contributed by atoms with E-state index in [0.717, 1.165) is 0 Å². The number of benzene rings is 2. The topological polar surface area (TPSA) is 69.6 Å². The minimum atomic E-state index is -0.488. The van der Waals surface area contributed by atoms with Crippen LogP contribution in [0.25, 0.3) is 6.08 Å². The number of anilines is 1. The van der Waals surface area contributed by atoms with Crippen molar-refractivity contribution in [3.63, 3.8) is 0 Å². The van der Waals surface area contributed by atoms with Crippen LogP contribution in [0.1, 0.15) is 5.56 Å². The molecule has 6 heteroatoms. The van der Waals surface area contributed by atoms with Crippen molar-refractivity contribution in [3.8, 4) is 5.75 Å². The van der Waals surface area contributed by atoms with Gasteiger partial charge in [0.15, 0.2) is 0 Å². The van der Waals surface area contributed by atoms with Gasteiger partial charge >= 0.3 is 0 Å². The van der Waals surface area contributed by atoms with Crippen molar-refractivity contribution < 1.29 is 14.7 Å². The summed E-state index contributed by atoms with van der Waals surface area (Å²) in [5.74, 6) is -0.990. The van der Waals surface area contributed by atoms with E-state index < -0.39 is 11.8 Å². The van der Waals surface area contributed by atoms with Crippen molar-refractivity contribution in [3.05, 3.63) is 64.7 Å². The molecule has 0 aromatic heterocycles. The lowest BCUT2D eigenvalue weighted by molar-refractivity contribution is -0.117. The molecule has 0 radical (unpaired) electrons. The predicted octanol–water partition coefficient (Wildman–Crippen LogP) is 2.51. The third-order valence-corrected chi connectivity index (χ3v) is 3.49. The smallest absolute Gasteiger partial charge is 0.282 e. The number of nitrogens with one attached hydrogen (secondary N) is 1. The van der Waals surface area contributed by atoms with Crippen LogP contribution in [0, 0.1) is 0 Å². The lowest BCUT2D eigenvalue weighted by Gasteiger charge is -2.13. The minimum Gasteiger partial charge on any atom is -0.506 e. The van der Waals surface area contributed by atoms with Gasteiger partial charge in [0.2, 0.25) is 0 Å². The van der Waals surface area contributed by atoms with Gasteiger partial charge in [-0.05, 0) is 35.9 Å². The van der Waals surface area contributed by atoms with Gasteiger partial charge in [-0.3, -0.25) is 15.0 Å². The summed E-state index contributed by atoms with van der Waals surface area (Å²) in [5.41, 5.74) is 3.64. The molecule has 0 saturated carbocycles. The first-order valence-electron chi connectivity index (χ1n) is 6.47. The molecular weight excluding hydrogens is 304 g/mol. The van der Waals surface area contributed by atoms with E-state index in [1.807, 2.05) is 6.07 Å². The molecule has 0 unspecified atom stereocenters. The number of rotatable bonds is 2. The molecule has 2 amide bonds. The molecule has 1 aliphatic rings. The summed E-state index contributed by atoms with van der Waals surface area (Å²) in [6.07, 6.45) is 1.44. The van der Waals surface area contributed by atoms with E-state index in [9.17, 15) is 14.7 Å². The number of nitrogens with zero attached hydrogens (tertiary/aromatic N) is 1. The summed E-state index contributed by atoms with van der Waals surface area (Å²) in [5, 5.41) is 10.7. The number of phenols is 1. The number of para-hydroxylation sites is 1. The van der Waals surface area contributed by atoms with Gasteiger partial charge in [-0.15, -0.1) is 0 Å². The van der Waals surface area contributed by atoms with Crippen LogP contribution >= 0.6 is 11.6 Å². The zero-order valence-electron chi connectivity index (χ0n) is 11.3. The fraction of sp³-hybridized carbons (Fsp3) is 0. The van der Waals surface area contributed by atoms with Crippen LogP contribution in [0.5, 0.6) is 5.75 Å². The minimum absolute atomic E-state index is 0.00519. The lowest BCUT2D eigenvalue weighted by atomic mass is 10.1. The van der Waals surface area contributed by atoms with Gasteiger partial charge in [-0.1, -0.05) is 35.9 Å². The average Bonchev–Trinajstić information content (AvgIpc) is 2.80. The molecule has 2 N–H and O–H groups in total. The lowest BCUT2D eigenvalue weighted by Crippen LogP contribution is -2.35. The Kier molecular flexibility index (Phi) is 3.56. The molecule has 2 aromatic carbocycles. The van der Waals surface area contributed by atoms with E-state index in [2.05, 4.69) is 5.43 Å². The zero-order valence-corrected chi connectivity index (χ0v) is 12.0. The first-order valence-corrected chi connectivity index (χ1v) is 6.85. The van der Waals surface area contributed by atoms with E-state index in [4.69, 9.17) is 11.6 Å². The highest BCUT2D eigenvalue weighted by Gasteiger charge is 2.34. The average molecular weight is 315 g/mol. The Balaban J connectivity index is 1.94. The predicted molar refractivity (Wildman–Crippen MR) is 83.2 cm³/mol.